The molecule has 1 heterocycles. The van der Waals surface area contributed by atoms with E-state index in [-0.39, 0.29) is 19.4 Å². The molecule has 3 aromatic carbocycles. The number of Topliss-reactive ketones (excluding diaryl/α,β-unsaturated/α-hetero) is 1. The van der Waals surface area contributed by atoms with Gasteiger partial charge in [-0.25, -0.2) is 14.4 Å². The van der Waals surface area contributed by atoms with Crippen molar-refractivity contribution < 1.29 is 33.4 Å². The molecule has 1 aliphatic rings. The number of ketones is 1. The zero-order valence-corrected chi connectivity index (χ0v) is 25.9. The van der Waals surface area contributed by atoms with Crippen LogP contribution in [-0.2, 0) is 32.1 Å². The number of amides is 3. The van der Waals surface area contributed by atoms with Crippen LogP contribution >= 0.6 is 0 Å². The van der Waals surface area contributed by atoms with Crippen LogP contribution in [0.1, 0.15) is 54.1 Å². The normalized spacial score (nSPS) is 15.2. The van der Waals surface area contributed by atoms with Gasteiger partial charge >= 0.3 is 18.2 Å². The highest BCUT2D eigenvalue weighted by Crippen LogP contribution is 2.14. The molecule has 242 valence electrons. The third kappa shape index (κ3) is 10.3. The van der Waals surface area contributed by atoms with Crippen molar-refractivity contribution in [3.05, 3.63) is 108 Å². The van der Waals surface area contributed by atoms with Gasteiger partial charge in [-0.3, -0.25) is 14.5 Å². The predicted octanol–water partition coefficient (Wildman–Crippen LogP) is 4.37. The lowest BCUT2D eigenvalue weighted by atomic mass is 10.0. The lowest BCUT2D eigenvalue weighted by Crippen LogP contribution is -2.56. The summed E-state index contributed by atoms with van der Waals surface area (Å²) in [6.07, 6.45) is -0.774. The fourth-order valence-corrected chi connectivity index (χ4v) is 5.09. The molecule has 3 N–H and O–H groups in total. The van der Waals surface area contributed by atoms with Crippen LogP contribution in [0.2, 0.25) is 0 Å². The van der Waals surface area contributed by atoms with Crippen molar-refractivity contribution in [3.8, 4) is 0 Å². The highest BCUT2D eigenvalue weighted by Gasteiger charge is 2.35. The summed E-state index contributed by atoms with van der Waals surface area (Å²) >= 11 is 0. The summed E-state index contributed by atoms with van der Waals surface area (Å²) < 4.78 is 10.6. The molecule has 3 amide bonds. The van der Waals surface area contributed by atoms with Gasteiger partial charge in [-0.1, -0.05) is 92.2 Å². The second-order valence-electron chi connectivity index (χ2n) is 11.0. The minimum Gasteiger partial charge on any atom is -0.445 e. The van der Waals surface area contributed by atoms with Gasteiger partial charge in [0.15, 0.2) is 5.78 Å². The van der Waals surface area contributed by atoms with Crippen LogP contribution in [0.25, 0.3) is 0 Å². The van der Waals surface area contributed by atoms with Crippen LogP contribution in [0, 0.1) is 0 Å². The largest absolute Gasteiger partial charge is 0.445 e. The maximum atomic E-state index is 14.0. The Morgan fingerprint density at radius 2 is 1.50 bits per heavy atom. The standard InChI is InChI=1S/C35H40N4O7/c1-2-13-31(38-34(43)45-24-26-16-8-4-9-17-26)39(35(44)46-33(42)28-20-12-21-36-28)23-30(40)29(22-25-14-6-3-7-15-25)37-32(41)27-18-10-5-11-19-27/h3-11,14-19,28-29,31,36H,2,12-13,20-24H2,1H3,(H,37,41)(H,38,43)/t28-,29?,31?/m0/s1. The summed E-state index contributed by atoms with van der Waals surface area (Å²) in [4.78, 5) is 67.4. The number of esters is 1. The first-order chi connectivity index (χ1) is 22.3. The fourth-order valence-electron chi connectivity index (χ4n) is 5.09. The van der Waals surface area contributed by atoms with E-state index in [1.54, 1.807) is 42.5 Å². The van der Waals surface area contributed by atoms with Crippen LogP contribution in [0.4, 0.5) is 9.59 Å². The van der Waals surface area contributed by atoms with Gasteiger partial charge in [-0.15, -0.1) is 0 Å². The molecule has 0 aromatic heterocycles. The van der Waals surface area contributed by atoms with Crippen molar-refractivity contribution >= 4 is 29.8 Å². The maximum absolute atomic E-state index is 14.0. The van der Waals surface area contributed by atoms with E-state index in [0.29, 0.717) is 24.9 Å². The van der Waals surface area contributed by atoms with Crippen LogP contribution in [0.3, 0.4) is 0 Å². The Morgan fingerprint density at radius 3 is 2.11 bits per heavy atom. The van der Waals surface area contributed by atoms with Gasteiger partial charge < -0.3 is 25.4 Å². The summed E-state index contributed by atoms with van der Waals surface area (Å²) in [5.41, 5.74) is 1.92. The van der Waals surface area contributed by atoms with Gasteiger partial charge in [0, 0.05) is 5.56 Å². The lowest BCUT2D eigenvalue weighted by Gasteiger charge is -2.32. The van der Waals surface area contributed by atoms with E-state index in [4.69, 9.17) is 9.47 Å². The monoisotopic (exact) mass is 628 g/mol. The summed E-state index contributed by atoms with van der Waals surface area (Å²) in [6, 6.07) is 25.0. The second-order valence-corrected chi connectivity index (χ2v) is 11.0. The molecule has 1 saturated heterocycles. The van der Waals surface area contributed by atoms with Crippen molar-refractivity contribution in [2.45, 2.75) is 63.9 Å². The van der Waals surface area contributed by atoms with Crippen molar-refractivity contribution in [2.24, 2.45) is 0 Å². The third-order valence-electron chi connectivity index (χ3n) is 7.54. The number of hydrogen-bond donors (Lipinski definition) is 3. The molecule has 1 aliphatic heterocycles. The molecule has 11 heteroatoms. The molecular weight excluding hydrogens is 588 g/mol. The Labute approximate surface area is 268 Å². The molecule has 1 fully saturated rings. The highest BCUT2D eigenvalue weighted by molar-refractivity contribution is 5.99. The zero-order valence-electron chi connectivity index (χ0n) is 25.9. The summed E-state index contributed by atoms with van der Waals surface area (Å²) in [5.74, 6) is -1.74. The van der Waals surface area contributed by atoms with Crippen molar-refractivity contribution in [3.63, 3.8) is 0 Å². The molecule has 0 saturated carbocycles. The van der Waals surface area contributed by atoms with Gasteiger partial charge in [0.1, 0.15) is 18.8 Å². The number of hydrogen-bond acceptors (Lipinski definition) is 8. The van der Waals surface area contributed by atoms with Gasteiger partial charge in [0.25, 0.3) is 5.91 Å². The first kappa shape index (κ1) is 33.9. The minimum atomic E-state index is -1.08. The van der Waals surface area contributed by atoms with Crippen molar-refractivity contribution in [2.75, 3.05) is 13.1 Å². The average Bonchev–Trinajstić information content (AvgIpc) is 3.63. The van der Waals surface area contributed by atoms with Crippen LogP contribution in [0.5, 0.6) is 0 Å². The fraction of sp³-hybridized carbons (Fsp3) is 0.343. The molecule has 11 nitrogen and oxygen atoms in total. The van der Waals surface area contributed by atoms with E-state index in [1.165, 1.54) is 0 Å². The molecule has 3 atom stereocenters. The van der Waals surface area contributed by atoms with Crippen LogP contribution in [0.15, 0.2) is 91.0 Å². The Balaban J connectivity index is 1.56. The number of carbonyl (C=O) groups is 5. The average molecular weight is 629 g/mol. The van der Waals surface area contributed by atoms with Gasteiger partial charge in [0.05, 0.1) is 12.6 Å². The predicted molar refractivity (Wildman–Crippen MR) is 171 cm³/mol. The number of nitrogens with zero attached hydrogens (tertiary/aromatic N) is 1. The Kier molecular flexibility index (Phi) is 12.8. The Hall–Kier alpha value is -5.03. The topological polar surface area (TPSA) is 143 Å². The molecule has 46 heavy (non-hydrogen) atoms. The molecule has 0 aliphatic carbocycles. The van der Waals surface area contributed by atoms with Gasteiger partial charge in [-0.2, -0.15) is 0 Å². The Morgan fingerprint density at radius 1 is 0.870 bits per heavy atom. The number of alkyl carbamates (subject to hydrolysis) is 1. The van der Waals surface area contributed by atoms with E-state index in [1.807, 2.05) is 55.5 Å². The molecule has 2 unspecified atom stereocenters. The number of nitrogens with one attached hydrogen (secondary N) is 3. The molecule has 0 bridgehead atoms. The van der Waals surface area contributed by atoms with E-state index in [2.05, 4.69) is 16.0 Å². The molecule has 3 aromatic rings. The summed E-state index contributed by atoms with van der Waals surface area (Å²) in [5, 5.41) is 8.47. The van der Waals surface area contributed by atoms with E-state index in [0.717, 1.165) is 22.4 Å². The lowest BCUT2D eigenvalue weighted by molar-refractivity contribution is -0.141. The second kappa shape index (κ2) is 17.5. The van der Waals surface area contributed by atoms with Crippen LogP contribution < -0.4 is 16.0 Å². The first-order valence-corrected chi connectivity index (χ1v) is 15.5. The molecule has 4 rings (SSSR count). The molecule has 0 radical (unpaired) electrons. The van der Waals surface area contributed by atoms with E-state index < -0.39 is 54.6 Å². The first-order valence-electron chi connectivity index (χ1n) is 15.5. The Bertz CT molecular complexity index is 1450. The quantitative estimate of drug-likeness (QED) is 0.136. The van der Waals surface area contributed by atoms with E-state index >= 15 is 0 Å². The summed E-state index contributed by atoms with van der Waals surface area (Å²) in [7, 11) is 0. The van der Waals surface area contributed by atoms with Crippen LogP contribution in [-0.4, -0.2) is 66.1 Å². The minimum absolute atomic E-state index is 0.00853. The number of benzene rings is 3. The van der Waals surface area contributed by atoms with Gasteiger partial charge in [-0.05, 0) is 55.5 Å². The third-order valence-corrected chi connectivity index (χ3v) is 7.54. The van der Waals surface area contributed by atoms with Gasteiger partial charge in [0.2, 0.25) is 0 Å². The zero-order chi connectivity index (χ0) is 32.7. The van der Waals surface area contributed by atoms with E-state index in [9.17, 15) is 24.0 Å². The molecule has 0 spiro atoms. The number of carbonyl (C=O) groups excluding carboxylic acids is 5. The highest BCUT2D eigenvalue weighted by atomic mass is 16.6. The molecular formula is C35H40N4O7. The number of ether oxygens (including phenoxy) is 2. The summed E-state index contributed by atoms with van der Waals surface area (Å²) in [6.45, 7) is 1.90. The maximum Gasteiger partial charge on any atom is 0.419 e. The van der Waals surface area contributed by atoms with Crippen molar-refractivity contribution in [1.82, 2.24) is 20.9 Å². The van der Waals surface area contributed by atoms with Crippen molar-refractivity contribution in [1.29, 1.82) is 0 Å². The SMILES string of the molecule is CCCC(NC(=O)OCc1ccccc1)N(CC(=O)C(Cc1ccccc1)NC(=O)c1ccccc1)C(=O)OC(=O)[C@@H]1CCCN1. The smallest absolute Gasteiger partial charge is 0.419 e. The number of rotatable bonds is 14.